The Morgan fingerprint density at radius 3 is 1.80 bits per heavy atom. The first-order valence-corrected chi connectivity index (χ1v) is 4.85. The second-order valence-electron chi connectivity index (χ2n) is 3.28. The molecule has 7 nitrogen and oxygen atoms in total. The van der Waals surface area contributed by atoms with Gasteiger partial charge in [-0.25, -0.2) is 4.79 Å². The van der Waals surface area contributed by atoms with Crippen molar-refractivity contribution in [2.75, 3.05) is 5.32 Å². The maximum atomic E-state index is 10.7. The van der Waals surface area contributed by atoms with Crippen LogP contribution in [0.15, 0.2) is 24.3 Å². The van der Waals surface area contributed by atoms with Crippen LogP contribution in [0.5, 0.6) is 0 Å². The second kappa shape index (κ2) is 6.97. The van der Waals surface area contributed by atoms with Gasteiger partial charge in [-0.1, -0.05) is 0 Å². The number of hydrogen-bond donors (Lipinski definition) is 5. The van der Waals surface area contributed by atoms with Gasteiger partial charge >= 0.3 is 12.1 Å². The predicted octanol–water partition coefficient (Wildman–Crippen LogP) is 0.724. The number of guanidine groups is 1. The molecule has 0 fully saturated rings. The molecule has 1 rings (SSSR count). The summed E-state index contributed by atoms with van der Waals surface area (Å²) >= 11 is 0. The van der Waals surface area contributed by atoms with Gasteiger partial charge < -0.3 is 21.9 Å². The number of alkyl halides is 3. The van der Waals surface area contributed by atoms with Gasteiger partial charge in [0.2, 0.25) is 5.91 Å². The predicted molar refractivity (Wildman–Crippen MR) is 64.2 cm³/mol. The van der Waals surface area contributed by atoms with E-state index in [1.54, 1.807) is 24.3 Å². The fourth-order valence-electron chi connectivity index (χ4n) is 0.873. The van der Waals surface area contributed by atoms with Crippen LogP contribution >= 0.6 is 0 Å². The Bertz CT molecular complexity index is 499. The Kier molecular flexibility index (Phi) is 6.00. The minimum absolute atomic E-state index is 0.146. The molecule has 0 atom stereocenters. The number of carboxylic acids is 1. The first-order chi connectivity index (χ1) is 9.04. The summed E-state index contributed by atoms with van der Waals surface area (Å²) in [6.45, 7) is 0. The first kappa shape index (κ1) is 17.2. The molecule has 1 aromatic rings. The third-order valence-corrected chi connectivity index (χ3v) is 1.69. The number of benzene rings is 1. The molecule has 0 heterocycles. The lowest BCUT2D eigenvalue weighted by Gasteiger charge is -2.03. The van der Waals surface area contributed by atoms with Gasteiger partial charge in [0.05, 0.1) is 0 Å². The summed E-state index contributed by atoms with van der Waals surface area (Å²) < 4.78 is 31.7. The van der Waals surface area contributed by atoms with E-state index < -0.39 is 18.1 Å². The normalized spacial score (nSPS) is 9.95. The molecule has 0 spiro atoms. The SMILES string of the molecule is N=C(N)Nc1ccc(C(N)=O)cc1.O=C(O)C(F)(F)F. The van der Waals surface area contributed by atoms with E-state index in [9.17, 15) is 18.0 Å². The number of nitrogens with one attached hydrogen (secondary N) is 2. The zero-order valence-electron chi connectivity index (χ0n) is 9.86. The summed E-state index contributed by atoms with van der Waals surface area (Å²) in [7, 11) is 0. The van der Waals surface area contributed by atoms with E-state index in [1.165, 1.54) is 0 Å². The molecule has 0 radical (unpaired) electrons. The third-order valence-electron chi connectivity index (χ3n) is 1.69. The van der Waals surface area contributed by atoms with Gasteiger partial charge in [-0.15, -0.1) is 0 Å². The van der Waals surface area contributed by atoms with Gasteiger partial charge in [0, 0.05) is 11.3 Å². The van der Waals surface area contributed by atoms with E-state index in [1.807, 2.05) is 0 Å². The number of amides is 1. The third kappa shape index (κ3) is 6.83. The summed E-state index contributed by atoms with van der Waals surface area (Å²) in [6.07, 6.45) is -5.08. The largest absolute Gasteiger partial charge is 0.490 e. The fraction of sp³-hybridized carbons (Fsp3) is 0.100. The van der Waals surface area contributed by atoms with Gasteiger partial charge in [0.1, 0.15) is 0 Å². The molecule has 110 valence electrons. The molecule has 10 heteroatoms. The Morgan fingerprint density at radius 2 is 1.55 bits per heavy atom. The molecule has 0 saturated heterocycles. The van der Waals surface area contributed by atoms with Gasteiger partial charge in [-0.3, -0.25) is 10.2 Å². The number of rotatable bonds is 2. The maximum absolute atomic E-state index is 10.7. The molecule has 0 bridgehead atoms. The number of halogens is 3. The van der Waals surface area contributed by atoms with E-state index in [4.69, 9.17) is 26.8 Å². The lowest BCUT2D eigenvalue weighted by molar-refractivity contribution is -0.192. The lowest BCUT2D eigenvalue weighted by atomic mass is 10.2. The molecule has 1 amide bonds. The van der Waals surface area contributed by atoms with Crippen molar-refractivity contribution in [3.05, 3.63) is 29.8 Å². The van der Waals surface area contributed by atoms with Crippen molar-refractivity contribution in [3.8, 4) is 0 Å². The van der Waals surface area contributed by atoms with E-state index in [0.717, 1.165) is 0 Å². The molecule has 0 aliphatic carbocycles. The van der Waals surface area contributed by atoms with E-state index in [0.29, 0.717) is 11.3 Å². The highest BCUT2D eigenvalue weighted by Gasteiger charge is 2.38. The molecule has 7 N–H and O–H groups in total. The van der Waals surface area contributed by atoms with E-state index in [2.05, 4.69) is 5.32 Å². The van der Waals surface area contributed by atoms with Crippen LogP contribution in [0.25, 0.3) is 0 Å². The first-order valence-electron chi connectivity index (χ1n) is 4.85. The molecule has 0 unspecified atom stereocenters. The quantitative estimate of drug-likeness (QED) is 0.403. The molecule has 0 aliphatic rings. The van der Waals surface area contributed by atoms with Crippen molar-refractivity contribution in [2.24, 2.45) is 11.5 Å². The number of aliphatic carboxylic acids is 1. The molecule has 0 saturated carbocycles. The maximum Gasteiger partial charge on any atom is 0.490 e. The van der Waals surface area contributed by atoms with Crippen molar-refractivity contribution < 1.29 is 27.9 Å². The second-order valence-corrected chi connectivity index (χ2v) is 3.28. The van der Waals surface area contributed by atoms with Gasteiger partial charge in [-0.05, 0) is 24.3 Å². The van der Waals surface area contributed by atoms with Crippen molar-refractivity contribution in [3.63, 3.8) is 0 Å². The van der Waals surface area contributed by atoms with Crippen LogP contribution in [0, 0.1) is 5.41 Å². The summed E-state index contributed by atoms with van der Waals surface area (Å²) in [5.74, 6) is -3.38. The Hall–Kier alpha value is -2.78. The highest BCUT2D eigenvalue weighted by atomic mass is 19.4. The standard InChI is InChI=1S/C8H10N4O.C2HF3O2/c9-7(13)5-1-3-6(4-2-5)12-8(10)11;3-2(4,5)1(6)7/h1-4H,(H2,9,13)(H4,10,11,12);(H,6,7). The zero-order chi connectivity index (χ0) is 15.9. The van der Waals surface area contributed by atoms with Crippen molar-refractivity contribution in [2.45, 2.75) is 6.18 Å². The van der Waals surface area contributed by atoms with E-state index >= 15 is 0 Å². The van der Waals surface area contributed by atoms with Crippen LogP contribution < -0.4 is 16.8 Å². The van der Waals surface area contributed by atoms with Crippen molar-refractivity contribution in [1.82, 2.24) is 0 Å². The van der Waals surface area contributed by atoms with Crippen molar-refractivity contribution in [1.29, 1.82) is 5.41 Å². The monoisotopic (exact) mass is 292 g/mol. The minimum atomic E-state index is -5.08. The summed E-state index contributed by atoms with van der Waals surface area (Å²) in [5.41, 5.74) is 11.2. The molecular weight excluding hydrogens is 281 g/mol. The highest BCUT2D eigenvalue weighted by molar-refractivity contribution is 5.94. The van der Waals surface area contributed by atoms with Gasteiger partial charge in [0.25, 0.3) is 0 Å². The van der Waals surface area contributed by atoms with Gasteiger partial charge in [0.15, 0.2) is 5.96 Å². The Balaban J connectivity index is 0.000000441. The average molecular weight is 292 g/mol. The molecule has 20 heavy (non-hydrogen) atoms. The molecule has 1 aromatic carbocycles. The Labute approximate surface area is 110 Å². The van der Waals surface area contributed by atoms with Crippen molar-refractivity contribution >= 4 is 23.5 Å². The van der Waals surface area contributed by atoms with Crippen LogP contribution in [-0.4, -0.2) is 29.1 Å². The molecular formula is C10H11F3N4O3. The number of anilines is 1. The number of carbonyl (C=O) groups is 2. The fourth-order valence-corrected chi connectivity index (χ4v) is 0.873. The smallest absolute Gasteiger partial charge is 0.475 e. The van der Waals surface area contributed by atoms with Crippen LogP contribution in [0.4, 0.5) is 18.9 Å². The number of hydrogen-bond acceptors (Lipinski definition) is 3. The number of carbonyl (C=O) groups excluding carboxylic acids is 1. The topological polar surface area (TPSA) is 142 Å². The number of primary amides is 1. The summed E-state index contributed by atoms with van der Waals surface area (Å²) in [6, 6.07) is 6.38. The van der Waals surface area contributed by atoms with E-state index in [-0.39, 0.29) is 5.96 Å². The molecule has 0 aromatic heterocycles. The van der Waals surface area contributed by atoms with Crippen LogP contribution in [-0.2, 0) is 4.79 Å². The molecule has 0 aliphatic heterocycles. The highest BCUT2D eigenvalue weighted by Crippen LogP contribution is 2.13. The number of carboxylic acid groups (broad SMARTS) is 1. The lowest BCUT2D eigenvalue weighted by Crippen LogP contribution is -2.21. The summed E-state index contributed by atoms with van der Waals surface area (Å²) in [5, 5.41) is 16.6. The average Bonchev–Trinajstić information content (AvgIpc) is 2.28. The van der Waals surface area contributed by atoms with Crippen LogP contribution in [0.2, 0.25) is 0 Å². The van der Waals surface area contributed by atoms with Crippen LogP contribution in [0.1, 0.15) is 10.4 Å². The number of nitrogens with two attached hydrogens (primary N) is 2. The Morgan fingerprint density at radius 1 is 1.15 bits per heavy atom. The summed E-state index contributed by atoms with van der Waals surface area (Å²) in [4.78, 5) is 19.6. The minimum Gasteiger partial charge on any atom is -0.475 e. The van der Waals surface area contributed by atoms with Gasteiger partial charge in [-0.2, -0.15) is 13.2 Å². The zero-order valence-corrected chi connectivity index (χ0v) is 9.86. The van der Waals surface area contributed by atoms with Crippen LogP contribution in [0.3, 0.4) is 0 Å².